The molecule has 0 amide bonds. The second kappa shape index (κ2) is 4.37. The molecular formula is C15H27N3. The molecule has 102 valence electrons. The molecule has 1 aliphatic carbocycles. The van der Waals surface area contributed by atoms with Crippen LogP contribution in [-0.4, -0.2) is 15.6 Å². The Morgan fingerprint density at radius 3 is 2.44 bits per heavy atom. The molecule has 2 rings (SSSR count). The van der Waals surface area contributed by atoms with Crippen molar-refractivity contribution in [1.29, 1.82) is 0 Å². The van der Waals surface area contributed by atoms with Gasteiger partial charge in [-0.1, -0.05) is 34.6 Å². The molecule has 1 aromatic rings. The number of hydrogen-bond acceptors (Lipinski definition) is 2. The predicted molar refractivity (Wildman–Crippen MR) is 75.2 cm³/mol. The first-order valence-corrected chi connectivity index (χ1v) is 7.08. The molecule has 1 aliphatic rings. The van der Waals surface area contributed by atoms with Gasteiger partial charge < -0.3 is 10.3 Å². The summed E-state index contributed by atoms with van der Waals surface area (Å²) in [5.74, 6) is 1.74. The summed E-state index contributed by atoms with van der Waals surface area (Å²) in [4.78, 5) is 4.46. The molecule has 0 aromatic carbocycles. The minimum atomic E-state index is 0.216. The third-order valence-electron chi connectivity index (χ3n) is 5.25. The zero-order valence-corrected chi connectivity index (χ0v) is 12.4. The largest absolute Gasteiger partial charge is 0.335 e. The Kier molecular flexibility index (Phi) is 3.30. The molecule has 0 bridgehead atoms. The highest BCUT2D eigenvalue weighted by Crippen LogP contribution is 2.69. The number of imidazole rings is 1. The molecule has 0 spiro atoms. The van der Waals surface area contributed by atoms with Crippen LogP contribution in [0.5, 0.6) is 0 Å². The zero-order valence-electron chi connectivity index (χ0n) is 12.4. The van der Waals surface area contributed by atoms with Crippen LogP contribution in [0.2, 0.25) is 0 Å². The molecule has 3 heteroatoms. The van der Waals surface area contributed by atoms with Gasteiger partial charge in [0.15, 0.2) is 0 Å². The van der Waals surface area contributed by atoms with Crippen LogP contribution in [0, 0.1) is 16.7 Å². The molecule has 1 saturated carbocycles. The first-order valence-electron chi connectivity index (χ1n) is 7.08. The van der Waals surface area contributed by atoms with E-state index in [0.29, 0.717) is 16.7 Å². The molecule has 1 atom stereocenters. The molecule has 0 saturated heterocycles. The van der Waals surface area contributed by atoms with Crippen LogP contribution in [0.25, 0.3) is 0 Å². The summed E-state index contributed by atoms with van der Waals surface area (Å²) in [5.41, 5.74) is 7.14. The lowest BCUT2D eigenvalue weighted by molar-refractivity contribution is 0.457. The van der Waals surface area contributed by atoms with Gasteiger partial charge in [-0.25, -0.2) is 4.98 Å². The van der Waals surface area contributed by atoms with Crippen molar-refractivity contribution in [2.75, 3.05) is 0 Å². The Morgan fingerprint density at radius 1 is 1.33 bits per heavy atom. The van der Waals surface area contributed by atoms with Gasteiger partial charge in [0.2, 0.25) is 0 Å². The van der Waals surface area contributed by atoms with Crippen molar-refractivity contribution in [1.82, 2.24) is 9.55 Å². The van der Waals surface area contributed by atoms with Crippen LogP contribution < -0.4 is 5.73 Å². The van der Waals surface area contributed by atoms with Crippen molar-refractivity contribution in [2.24, 2.45) is 22.5 Å². The number of rotatable bonds is 5. The lowest BCUT2D eigenvalue weighted by Gasteiger charge is -2.14. The maximum atomic E-state index is 6.43. The Balaban J connectivity index is 2.05. The third-order valence-corrected chi connectivity index (χ3v) is 5.25. The minimum Gasteiger partial charge on any atom is -0.335 e. The van der Waals surface area contributed by atoms with E-state index >= 15 is 0 Å². The normalized spacial score (nSPS) is 23.0. The maximum Gasteiger partial charge on any atom is 0.110 e. The fraction of sp³-hybridized carbons (Fsp3) is 0.800. The summed E-state index contributed by atoms with van der Waals surface area (Å²) in [6.07, 6.45) is 5.99. The van der Waals surface area contributed by atoms with Gasteiger partial charge in [-0.2, -0.15) is 0 Å². The van der Waals surface area contributed by atoms with Crippen LogP contribution in [0.3, 0.4) is 0 Å². The van der Waals surface area contributed by atoms with E-state index in [1.54, 1.807) is 0 Å². The van der Waals surface area contributed by atoms with Crippen LogP contribution in [-0.2, 0) is 13.0 Å². The summed E-state index contributed by atoms with van der Waals surface area (Å²) >= 11 is 0. The Morgan fingerprint density at radius 2 is 1.94 bits per heavy atom. The van der Waals surface area contributed by atoms with E-state index in [-0.39, 0.29) is 6.04 Å². The number of hydrogen-bond donors (Lipinski definition) is 1. The van der Waals surface area contributed by atoms with Gasteiger partial charge in [0.25, 0.3) is 0 Å². The number of aromatic nitrogens is 2. The fourth-order valence-electron chi connectivity index (χ4n) is 3.62. The van der Waals surface area contributed by atoms with Crippen molar-refractivity contribution in [3.05, 3.63) is 18.2 Å². The smallest absolute Gasteiger partial charge is 0.110 e. The standard InChI is InChI=1S/C15H27N3/c1-6-8-18-9-7-17-12(18)10-11(16)13-14(2,3)15(13,4)5/h7,9,11,13H,6,8,10,16H2,1-5H3. The summed E-state index contributed by atoms with van der Waals surface area (Å²) in [6, 6.07) is 0.216. The van der Waals surface area contributed by atoms with Crippen molar-refractivity contribution in [3.63, 3.8) is 0 Å². The van der Waals surface area contributed by atoms with Crippen molar-refractivity contribution in [2.45, 2.75) is 60.0 Å². The molecule has 18 heavy (non-hydrogen) atoms. The van der Waals surface area contributed by atoms with Crippen LogP contribution >= 0.6 is 0 Å². The van der Waals surface area contributed by atoms with Gasteiger partial charge in [0.1, 0.15) is 5.82 Å². The molecule has 1 heterocycles. The van der Waals surface area contributed by atoms with Gasteiger partial charge in [-0.3, -0.25) is 0 Å². The quantitative estimate of drug-likeness (QED) is 0.872. The average molecular weight is 249 g/mol. The predicted octanol–water partition coefficient (Wildman–Crippen LogP) is 2.85. The SMILES string of the molecule is CCCn1ccnc1CC(N)C1C(C)(C)C1(C)C. The van der Waals surface area contributed by atoms with Crippen LogP contribution in [0.15, 0.2) is 12.4 Å². The Labute approximate surface area is 111 Å². The van der Waals surface area contributed by atoms with Gasteiger partial charge in [0, 0.05) is 31.4 Å². The fourth-order valence-corrected chi connectivity index (χ4v) is 3.62. The van der Waals surface area contributed by atoms with Crippen LogP contribution in [0.4, 0.5) is 0 Å². The maximum absolute atomic E-state index is 6.43. The highest BCUT2D eigenvalue weighted by Gasteiger charge is 2.66. The summed E-state index contributed by atoms with van der Waals surface area (Å²) in [5, 5.41) is 0. The van der Waals surface area contributed by atoms with E-state index in [2.05, 4.69) is 50.4 Å². The monoisotopic (exact) mass is 249 g/mol. The van der Waals surface area contributed by atoms with E-state index < -0.39 is 0 Å². The van der Waals surface area contributed by atoms with Gasteiger partial charge >= 0.3 is 0 Å². The highest BCUT2D eigenvalue weighted by molar-refractivity contribution is 5.17. The van der Waals surface area contributed by atoms with E-state index in [1.807, 2.05) is 6.20 Å². The number of aryl methyl sites for hydroxylation is 1. The molecule has 0 aliphatic heterocycles. The van der Waals surface area contributed by atoms with Gasteiger partial charge in [-0.15, -0.1) is 0 Å². The molecule has 2 N–H and O–H groups in total. The lowest BCUT2D eigenvalue weighted by Crippen LogP contribution is -2.29. The van der Waals surface area contributed by atoms with Gasteiger partial charge in [-0.05, 0) is 23.2 Å². The average Bonchev–Trinajstić information content (AvgIpc) is 2.59. The number of nitrogens with zero attached hydrogens (tertiary/aromatic N) is 2. The third kappa shape index (κ3) is 1.99. The highest BCUT2D eigenvalue weighted by atomic mass is 15.1. The summed E-state index contributed by atoms with van der Waals surface area (Å²) in [7, 11) is 0. The first kappa shape index (κ1) is 13.6. The van der Waals surface area contributed by atoms with E-state index in [4.69, 9.17) is 5.73 Å². The topological polar surface area (TPSA) is 43.8 Å². The second-order valence-electron chi connectivity index (χ2n) is 6.83. The van der Waals surface area contributed by atoms with E-state index in [1.165, 1.54) is 0 Å². The van der Waals surface area contributed by atoms with Gasteiger partial charge in [0.05, 0.1) is 0 Å². The van der Waals surface area contributed by atoms with Crippen LogP contribution in [0.1, 0.15) is 46.9 Å². The lowest BCUT2D eigenvalue weighted by atomic mass is 10.0. The Bertz CT molecular complexity index is 403. The second-order valence-corrected chi connectivity index (χ2v) is 6.83. The number of nitrogens with two attached hydrogens (primary N) is 1. The molecule has 1 fully saturated rings. The molecule has 0 radical (unpaired) electrons. The summed E-state index contributed by atoms with van der Waals surface area (Å²) in [6.45, 7) is 12.6. The first-order chi connectivity index (χ1) is 8.32. The molecule has 3 nitrogen and oxygen atoms in total. The molecular weight excluding hydrogens is 222 g/mol. The summed E-state index contributed by atoms with van der Waals surface area (Å²) < 4.78 is 2.24. The van der Waals surface area contributed by atoms with Crippen molar-refractivity contribution in [3.8, 4) is 0 Å². The zero-order chi connectivity index (χ0) is 13.6. The minimum absolute atomic E-state index is 0.216. The van der Waals surface area contributed by atoms with Crippen molar-refractivity contribution < 1.29 is 0 Å². The molecule has 1 unspecified atom stereocenters. The van der Waals surface area contributed by atoms with Crippen molar-refractivity contribution >= 4 is 0 Å². The van der Waals surface area contributed by atoms with E-state index in [9.17, 15) is 0 Å². The molecule has 1 aromatic heterocycles. The van der Waals surface area contributed by atoms with E-state index in [0.717, 1.165) is 25.2 Å². The Hall–Kier alpha value is -0.830.